The Labute approximate surface area is 429 Å². The number of carbonyl (C=O) groups excluding carboxylic acids is 9. The molecule has 7 atom stereocenters. The fourth-order valence-corrected chi connectivity index (χ4v) is 8.26. The van der Waals surface area contributed by atoms with Gasteiger partial charge in [0.25, 0.3) is 11.8 Å². The minimum absolute atomic E-state index is 0.0104. The van der Waals surface area contributed by atoms with E-state index in [4.69, 9.17) is 11.5 Å². The lowest BCUT2D eigenvalue weighted by Crippen LogP contribution is -2.70. The molecule has 1 fully saturated rings. The highest BCUT2D eigenvalue weighted by Crippen LogP contribution is 2.17. The van der Waals surface area contributed by atoms with Crippen molar-refractivity contribution in [2.75, 3.05) is 38.2 Å². The standard InChI is InChI=1S/C47H85N15O9S/c1-12-15-16-19-60(25-37(49)63)62-46(70)40(31(10)14-3)56-43(67)35(21-28(4)5)52-38(64)26-59(18-13-2)61(57-47(71)58-62)45(69)39(30(8)9)55-44(68)36(22-29(6)7)54-42(66)34(17-20-72-11)53-41(65)33(48)23-32-24-50-27-51-32/h24,27-31,33-36,39-40H,12-23,25-26,48H2,1-11H3,(H2,49,63)(H,50,51)(H,52,64)(H,53,65)(H,54,66)(H,55,68)(H,56,67)(H2,57,58,71)/t31-,33-,34-,35-,36-,39-,40-/m0/s1. The summed E-state index contributed by atoms with van der Waals surface area (Å²) in [5.74, 6) is -6.81. The Morgan fingerprint density at radius 1 is 0.875 bits per heavy atom. The number of nitrogens with two attached hydrogens (primary N) is 2. The summed E-state index contributed by atoms with van der Waals surface area (Å²) >= 11 is 1.46. The molecule has 1 aliphatic rings. The summed E-state index contributed by atoms with van der Waals surface area (Å²) < 4.78 is 0. The van der Waals surface area contributed by atoms with Crippen molar-refractivity contribution in [3.63, 3.8) is 0 Å². The van der Waals surface area contributed by atoms with Crippen molar-refractivity contribution < 1.29 is 43.2 Å². The number of hydrazine groups is 4. The van der Waals surface area contributed by atoms with Gasteiger partial charge in [0.2, 0.25) is 35.4 Å². The fourth-order valence-electron chi connectivity index (χ4n) is 7.79. The van der Waals surface area contributed by atoms with E-state index in [1.54, 1.807) is 33.9 Å². The number of carbonyl (C=O) groups is 9. The maximum Gasteiger partial charge on any atom is 0.354 e. The molecule has 0 aliphatic carbocycles. The Kier molecular flexibility index (Phi) is 27.7. The number of aromatic amines is 1. The van der Waals surface area contributed by atoms with Crippen LogP contribution in [-0.4, -0.2) is 158 Å². The molecule has 1 aliphatic heterocycles. The van der Waals surface area contributed by atoms with Crippen LogP contribution >= 0.6 is 11.8 Å². The first-order chi connectivity index (χ1) is 34.0. The molecule has 72 heavy (non-hydrogen) atoms. The van der Waals surface area contributed by atoms with E-state index >= 15 is 4.79 Å². The lowest BCUT2D eigenvalue weighted by molar-refractivity contribution is -0.166. The van der Waals surface area contributed by atoms with Crippen molar-refractivity contribution in [1.29, 1.82) is 0 Å². The minimum atomic E-state index is -1.41. The summed E-state index contributed by atoms with van der Waals surface area (Å²) in [5, 5.41) is 18.0. The van der Waals surface area contributed by atoms with Crippen LogP contribution in [0.5, 0.6) is 0 Å². The van der Waals surface area contributed by atoms with Crippen LogP contribution in [0.3, 0.4) is 0 Å². The summed E-state index contributed by atoms with van der Waals surface area (Å²) in [5.41, 5.74) is 17.5. The van der Waals surface area contributed by atoms with Crippen LogP contribution in [0.4, 0.5) is 4.79 Å². The molecule has 0 saturated carbocycles. The van der Waals surface area contributed by atoms with Crippen molar-refractivity contribution in [3.8, 4) is 0 Å². The van der Waals surface area contributed by atoms with Gasteiger partial charge in [-0.25, -0.2) is 20.6 Å². The first-order valence-corrected chi connectivity index (χ1v) is 26.6. The molecular weight excluding hydrogens is 951 g/mol. The van der Waals surface area contributed by atoms with Gasteiger partial charge in [-0.2, -0.15) is 32.0 Å². The molecule has 12 N–H and O–H groups in total. The highest BCUT2D eigenvalue weighted by atomic mass is 32.2. The number of primary amides is 1. The second kappa shape index (κ2) is 31.8. The number of H-pyrrole nitrogens is 1. The van der Waals surface area contributed by atoms with Crippen LogP contribution in [0.15, 0.2) is 12.5 Å². The van der Waals surface area contributed by atoms with Gasteiger partial charge in [-0.15, -0.1) is 0 Å². The van der Waals surface area contributed by atoms with Crippen LogP contribution in [0.1, 0.15) is 126 Å². The highest BCUT2D eigenvalue weighted by molar-refractivity contribution is 7.98. The van der Waals surface area contributed by atoms with Gasteiger partial charge in [0, 0.05) is 31.4 Å². The Morgan fingerprint density at radius 2 is 1.54 bits per heavy atom. The molecule has 0 unspecified atom stereocenters. The second-order valence-corrected chi connectivity index (χ2v) is 20.6. The van der Waals surface area contributed by atoms with Crippen molar-refractivity contribution >= 4 is 65.1 Å². The summed E-state index contributed by atoms with van der Waals surface area (Å²) in [6.07, 6.45) is 8.20. The summed E-state index contributed by atoms with van der Waals surface area (Å²) in [6.45, 7) is 17.0. The fraction of sp³-hybridized carbons (Fsp3) is 0.745. The number of rotatable bonds is 28. The zero-order valence-electron chi connectivity index (χ0n) is 44.3. The Balaban J connectivity index is 2.71. The third-order valence-corrected chi connectivity index (χ3v) is 12.5. The number of imidazole rings is 1. The number of amides is 10. The highest BCUT2D eigenvalue weighted by Gasteiger charge is 2.40. The zero-order chi connectivity index (χ0) is 54.2. The molecule has 1 saturated heterocycles. The topological polar surface area (TPSA) is 332 Å². The van der Waals surface area contributed by atoms with E-state index in [1.807, 2.05) is 47.8 Å². The maximum absolute atomic E-state index is 15.1. The number of nitrogens with one attached hydrogen (secondary N) is 8. The number of aromatic nitrogens is 2. The van der Waals surface area contributed by atoms with Gasteiger partial charge in [-0.1, -0.05) is 88.5 Å². The number of hydrogen-bond acceptors (Lipinski definition) is 14. The van der Waals surface area contributed by atoms with Gasteiger partial charge in [0.1, 0.15) is 30.2 Å². The minimum Gasteiger partial charge on any atom is -0.368 e. The second-order valence-electron chi connectivity index (χ2n) is 19.6. The normalized spacial score (nSPS) is 18.6. The van der Waals surface area contributed by atoms with E-state index < -0.39 is 114 Å². The molecule has 2 heterocycles. The third-order valence-electron chi connectivity index (χ3n) is 11.8. The van der Waals surface area contributed by atoms with E-state index in [9.17, 15) is 38.4 Å². The SMILES string of the molecule is CCCCCN(CC(N)=O)N1NC(=O)NN(C(=O)[C@@H](NC(=O)[C@H](CC(C)C)NC(=O)[C@H](CCSC)NC(=O)[C@@H](N)Cc2cnc[nH]2)C(C)C)N(CCC)CC(=O)N[C@@H](CC(C)C)C(=O)N[C@@H]([C@@H](C)CC)C1=O. The molecule has 10 amide bonds. The van der Waals surface area contributed by atoms with E-state index in [2.05, 4.69) is 47.4 Å². The average Bonchev–Trinajstić information content (AvgIpc) is 3.82. The van der Waals surface area contributed by atoms with Gasteiger partial charge in [-0.3, -0.25) is 38.4 Å². The third kappa shape index (κ3) is 20.9. The van der Waals surface area contributed by atoms with Gasteiger partial charge < -0.3 is 43.0 Å². The number of thioether (sulfide) groups is 1. The first kappa shape index (κ1) is 62.6. The van der Waals surface area contributed by atoms with Crippen molar-refractivity contribution in [3.05, 3.63) is 18.2 Å². The van der Waals surface area contributed by atoms with E-state index in [0.29, 0.717) is 37.1 Å². The molecule has 0 radical (unpaired) electrons. The molecule has 0 aromatic carbocycles. The molecule has 25 heteroatoms. The van der Waals surface area contributed by atoms with Crippen LogP contribution in [0, 0.1) is 23.7 Å². The molecular formula is C47H85N15O9S. The van der Waals surface area contributed by atoms with Gasteiger partial charge in [0.05, 0.1) is 25.5 Å². The van der Waals surface area contributed by atoms with Crippen LogP contribution < -0.4 is 48.9 Å². The summed E-state index contributed by atoms with van der Waals surface area (Å²) in [4.78, 5) is 134. The average molecular weight is 1040 g/mol. The lowest BCUT2D eigenvalue weighted by atomic mass is 9.96. The Bertz CT molecular complexity index is 1920. The van der Waals surface area contributed by atoms with Crippen molar-refractivity contribution in [2.24, 2.45) is 35.1 Å². The van der Waals surface area contributed by atoms with Gasteiger partial charge in [0.15, 0.2) is 0 Å². The number of unbranched alkanes of at least 4 members (excludes halogenated alkanes) is 2. The first-order valence-electron chi connectivity index (χ1n) is 25.2. The van der Waals surface area contributed by atoms with E-state index in [0.717, 1.165) is 16.7 Å². The van der Waals surface area contributed by atoms with E-state index in [1.165, 1.54) is 28.1 Å². The molecule has 1 aromatic heterocycles. The number of hydrogen-bond donors (Lipinski definition) is 10. The molecule has 2 rings (SSSR count). The molecule has 408 valence electrons. The van der Waals surface area contributed by atoms with Gasteiger partial charge >= 0.3 is 6.03 Å². The maximum atomic E-state index is 15.1. The van der Waals surface area contributed by atoms with Crippen LogP contribution in [0.25, 0.3) is 0 Å². The largest absolute Gasteiger partial charge is 0.368 e. The van der Waals surface area contributed by atoms with Crippen LogP contribution in [0.2, 0.25) is 0 Å². The molecule has 24 nitrogen and oxygen atoms in total. The quantitative estimate of drug-likeness (QED) is 0.0514. The Morgan fingerprint density at radius 3 is 2.10 bits per heavy atom. The number of nitrogens with zero attached hydrogens (tertiary/aromatic N) is 5. The smallest absolute Gasteiger partial charge is 0.354 e. The molecule has 0 bridgehead atoms. The van der Waals surface area contributed by atoms with Gasteiger partial charge in [-0.05, 0) is 67.8 Å². The zero-order valence-corrected chi connectivity index (χ0v) is 45.1. The predicted molar refractivity (Wildman–Crippen MR) is 274 cm³/mol. The van der Waals surface area contributed by atoms with E-state index in [-0.39, 0.29) is 50.6 Å². The predicted octanol–water partition coefficient (Wildman–Crippen LogP) is 0.570. The molecule has 1 aromatic rings. The van der Waals surface area contributed by atoms with Crippen molar-refractivity contribution in [1.82, 2.24) is 67.7 Å². The Hall–Kier alpha value is -5.53. The summed E-state index contributed by atoms with van der Waals surface area (Å²) in [6, 6.07) is -8.26. The lowest BCUT2D eigenvalue weighted by Gasteiger charge is -2.40. The van der Waals surface area contributed by atoms with Crippen LogP contribution in [-0.2, 0) is 44.8 Å². The summed E-state index contributed by atoms with van der Waals surface area (Å²) in [7, 11) is 0. The van der Waals surface area contributed by atoms with Crippen molar-refractivity contribution in [2.45, 2.75) is 163 Å². The molecule has 0 spiro atoms. The number of urea groups is 1. The monoisotopic (exact) mass is 1040 g/mol.